The number of hydrogen-bond acceptors (Lipinski definition) is 4. The van der Waals surface area contributed by atoms with Gasteiger partial charge in [0.25, 0.3) is 0 Å². The normalized spacial score (nSPS) is 10.2. The Morgan fingerprint density at radius 1 is 1.46 bits per heavy atom. The molecule has 0 bridgehead atoms. The Kier molecular flexibility index (Phi) is 1.94. The minimum absolute atomic E-state index is 0.621. The Balaban J connectivity index is 2.55. The van der Waals surface area contributed by atoms with Crippen LogP contribution in [0.5, 0.6) is 0 Å². The average Bonchev–Trinajstić information content (AvgIpc) is 2.59. The zero-order valence-electron chi connectivity index (χ0n) is 6.97. The van der Waals surface area contributed by atoms with Gasteiger partial charge in [-0.3, -0.25) is 0 Å². The standard InChI is InChI=1S/C8H7N3OS/c1-11(10-12)8-9-6-4-2-3-5-7(6)13-8/h2-5H,1H3. The molecule has 0 saturated carbocycles. The molecule has 0 aliphatic rings. The number of hydrogen-bond donors (Lipinski definition) is 0. The molecule has 0 radical (unpaired) electrons. The van der Waals surface area contributed by atoms with Gasteiger partial charge in [0, 0.05) is 7.05 Å². The van der Waals surface area contributed by atoms with Gasteiger partial charge in [-0.15, -0.1) is 4.91 Å². The lowest BCUT2D eigenvalue weighted by atomic mass is 10.3. The molecule has 1 heterocycles. The fraction of sp³-hybridized carbons (Fsp3) is 0.125. The van der Waals surface area contributed by atoms with Gasteiger partial charge in [-0.1, -0.05) is 23.5 Å². The second-order valence-electron chi connectivity index (χ2n) is 2.57. The third kappa shape index (κ3) is 1.38. The van der Waals surface area contributed by atoms with Crippen molar-refractivity contribution in [2.24, 2.45) is 5.29 Å². The van der Waals surface area contributed by atoms with Crippen LogP contribution in [0.3, 0.4) is 0 Å². The van der Waals surface area contributed by atoms with Gasteiger partial charge < -0.3 is 0 Å². The predicted octanol–water partition coefficient (Wildman–Crippen LogP) is 2.41. The summed E-state index contributed by atoms with van der Waals surface area (Å²) in [7, 11) is 1.59. The molecule has 2 rings (SSSR count). The highest BCUT2D eigenvalue weighted by Crippen LogP contribution is 2.27. The highest BCUT2D eigenvalue weighted by Gasteiger charge is 2.06. The van der Waals surface area contributed by atoms with Crippen LogP contribution < -0.4 is 5.01 Å². The van der Waals surface area contributed by atoms with Crippen molar-refractivity contribution in [2.75, 3.05) is 12.1 Å². The third-order valence-corrected chi connectivity index (χ3v) is 2.79. The Morgan fingerprint density at radius 2 is 2.23 bits per heavy atom. The van der Waals surface area contributed by atoms with E-state index in [1.54, 1.807) is 7.05 Å². The molecule has 0 saturated heterocycles. The fourth-order valence-corrected chi connectivity index (χ4v) is 1.90. The predicted molar refractivity (Wildman–Crippen MR) is 53.8 cm³/mol. The molecule has 0 fully saturated rings. The molecule has 1 aromatic heterocycles. The molecular formula is C8H7N3OS. The van der Waals surface area contributed by atoms with E-state index in [9.17, 15) is 4.91 Å². The molecule has 2 aromatic rings. The zero-order valence-corrected chi connectivity index (χ0v) is 7.78. The van der Waals surface area contributed by atoms with Gasteiger partial charge in [0.05, 0.1) is 15.5 Å². The van der Waals surface area contributed by atoms with Gasteiger partial charge in [-0.05, 0) is 12.1 Å². The van der Waals surface area contributed by atoms with E-state index in [0.29, 0.717) is 5.13 Å². The van der Waals surface area contributed by atoms with Crippen LogP contribution in [-0.4, -0.2) is 12.0 Å². The largest absolute Gasteiger partial charge is 0.218 e. The number of anilines is 1. The topological polar surface area (TPSA) is 45.6 Å². The van der Waals surface area contributed by atoms with Gasteiger partial charge in [-0.2, -0.15) is 0 Å². The number of benzene rings is 1. The van der Waals surface area contributed by atoms with Crippen molar-refractivity contribution in [3.63, 3.8) is 0 Å². The molecular weight excluding hydrogens is 186 g/mol. The Bertz CT molecular complexity index is 407. The molecule has 0 amide bonds. The lowest BCUT2D eigenvalue weighted by Crippen LogP contribution is -2.05. The third-order valence-electron chi connectivity index (χ3n) is 1.68. The molecule has 66 valence electrons. The SMILES string of the molecule is CN(N=O)c1nc2ccccc2s1. The van der Waals surface area contributed by atoms with E-state index >= 15 is 0 Å². The van der Waals surface area contributed by atoms with Gasteiger partial charge in [0.2, 0.25) is 5.13 Å². The quantitative estimate of drug-likeness (QED) is 0.543. The summed E-state index contributed by atoms with van der Waals surface area (Å²) < 4.78 is 1.06. The van der Waals surface area contributed by atoms with Gasteiger partial charge in [0.1, 0.15) is 0 Å². The van der Waals surface area contributed by atoms with Crippen molar-refractivity contribution in [3.8, 4) is 0 Å². The summed E-state index contributed by atoms with van der Waals surface area (Å²) in [6.45, 7) is 0. The number of thiazole rings is 1. The molecule has 4 nitrogen and oxygen atoms in total. The van der Waals surface area contributed by atoms with Crippen LogP contribution in [0.25, 0.3) is 10.2 Å². The smallest absolute Gasteiger partial charge is 0.209 e. The summed E-state index contributed by atoms with van der Waals surface area (Å²) >= 11 is 1.45. The molecule has 0 N–H and O–H groups in total. The highest BCUT2D eigenvalue weighted by atomic mass is 32.1. The van der Waals surface area contributed by atoms with Crippen molar-refractivity contribution in [1.82, 2.24) is 4.98 Å². The van der Waals surface area contributed by atoms with Crippen LogP contribution in [0.2, 0.25) is 0 Å². The molecule has 0 spiro atoms. The second-order valence-corrected chi connectivity index (χ2v) is 3.58. The summed E-state index contributed by atoms with van der Waals surface area (Å²) in [4.78, 5) is 14.5. The first-order valence-corrected chi connectivity index (χ1v) is 4.55. The lowest BCUT2D eigenvalue weighted by Gasteiger charge is -1.99. The van der Waals surface area contributed by atoms with Gasteiger partial charge in [-0.25, -0.2) is 9.99 Å². The van der Waals surface area contributed by atoms with Crippen molar-refractivity contribution >= 4 is 26.7 Å². The highest BCUT2D eigenvalue weighted by molar-refractivity contribution is 7.22. The summed E-state index contributed by atoms with van der Waals surface area (Å²) in [5.41, 5.74) is 0.901. The molecule has 0 atom stereocenters. The van der Waals surface area contributed by atoms with E-state index in [4.69, 9.17) is 0 Å². The van der Waals surface area contributed by atoms with Crippen LogP contribution in [0.4, 0.5) is 5.13 Å². The minimum atomic E-state index is 0.621. The van der Waals surface area contributed by atoms with E-state index < -0.39 is 0 Å². The Labute approximate surface area is 78.8 Å². The summed E-state index contributed by atoms with van der Waals surface area (Å²) in [5, 5.41) is 4.63. The number of nitroso groups, excluding NO2 is 1. The maximum Gasteiger partial charge on any atom is 0.209 e. The molecule has 1 aromatic carbocycles. The van der Waals surface area contributed by atoms with Gasteiger partial charge >= 0.3 is 0 Å². The zero-order chi connectivity index (χ0) is 9.26. The number of nitrogens with zero attached hydrogens (tertiary/aromatic N) is 3. The van der Waals surface area contributed by atoms with E-state index in [2.05, 4.69) is 10.3 Å². The van der Waals surface area contributed by atoms with Crippen molar-refractivity contribution in [3.05, 3.63) is 29.2 Å². The van der Waals surface area contributed by atoms with Gasteiger partial charge in [0.15, 0.2) is 0 Å². The number of rotatable bonds is 2. The van der Waals surface area contributed by atoms with E-state index in [1.165, 1.54) is 16.3 Å². The Morgan fingerprint density at radius 3 is 2.92 bits per heavy atom. The first-order chi connectivity index (χ1) is 6.31. The van der Waals surface area contributed by atoms with Crippen LogP contribution in [-0.2, 0) is 0 Å². The number of aromatic nitrogens is 1. The molecule has 0 aliphatic carbocycles. The second kappa shape index (κ2) is 3.10. The number of para-hydroxylation sites is 1. The van der Waals surface area contributed by atoms with Crippen LogP contribution in [0, 0.1) is 4.91 Å². The number of fused-ring (bicyclic) bond motifs is 1. The first kappa shape index (κ1) is 8.12. The van der Waals surface area contributed by atoms with Crippen molar-refractivity contribution < 1.29 is 0 Å². The molecule has 0 unspecified atom stereocenters. The fourth-order valence-electron chi connectivity index (χ4n) is 1.03. The van der Waals surface area contributed by atoms with E-state index in [0.717, 1.165) is 10.2 Å². The lowest BCUT2D eigenvalue weighted by molar-refractivity contribution is 0.995. The first-order valence-electron chi connectivity index (χ1n) is 3.74. The summed E-state index contributed by atoms with van der Waals surface area (Å²) in [5.74, 6) is 0. The van der Waals surface area contributed by atoms with Crippen molar-refractivity contribution in [1.29, 1.82) is 0 Å². The molecule has 5 heteroatoms. The molecule has 13 heavy (non-hydrogen) atoms. The van der Waals surface area contributed by atoms with E-state index in [-0.39, 0.29) is 0 Å². The monoisotopic (exact) mass is 193 g/mol. The van der Waals surface area contributed by atoms with E-state index in [1.807, 2.05) is 24.3 Å². The average molecular weight is 193 g/mol. The maximum absolute atomic E-state index is 10.2. The summed E-state index contributed by atoms with van der Waals surface area (Å²) in [6.07, 6.45) is 0. The molecule has 0 aliphatic heterocycles. The van der Waals surface area contributed by atoms with Crippen molar-refractivity contribution in [2.45, 2.75) is 0 Å². The summed E-state index contributed by atoms with van der Waals surface area (Å²) in [6, 6.07) is 7.74. The van der Waals surface area contributed by atoms with Crippen LogP contribution in [0.1, 0.15) is 0 Å². The minimum Gasteiger partial charge on any atom is -0.218 e. The Hall–Kier alpha value is -1.49. The van der Waals surface area contributed by atoms with Crippen LogP contribution >= 0.6 is 11.3 Å². The maximum atomic E-state index is 10.2. The van der Waals surface area contributed by atoms with Crippen LogP contribution in [0.15, 0.2) is 29.6 Å².